The molecule has 0 atom stereocenters. The number of hydrogen-bond acceptors (Lipinski definition) is 3. The molecule has 0 bridgehead atoms. The molecule has 0 radical (unpaired) electrons. The number of fused-ring (bicyclic) bond motifs is 1. The maximum atomic E-state index is 11.4. The highest BCUT2D eigenvalue weighted by molar-refractivity contribution is 6.00. The molecule has 0 aliphatic rings. The maximum absolute atomic E-state index is 11.4. The lowest BCUT2D eigenvalue weighted by Gasteiger charge is -2.08. The summed E-state index contributed by atoms with van der Waals surface area (Å²) < 4.78 is 0. The predicted octanol–water partition coefficient (Wildman–Crippen LogP) is 2.64. The van der Waals surface area contributed by atoms with Crippen LogP contribution in [0, 0.1) is 13.8 Å². The number of nitrogen functional groups attached to an aromatic ring is 1. The number of ketones is 1. The Hall–Kier alpha value is -1.90. The van der Waals surface area contributed by atoms with Gasteiger partial charge < -0.3 is 5.73 Å². The van der Waals surface area contributed by atoms with Gasteiger partial charge in [-0.05, 0) is 50.1 Å². The second kappa shape index (κ2) is 3.59. The standard InChI is InChI=1S/C13H14N2O/c1-7-6-11-8(2)10(9(3)16)4-5-12(11)15-13(7)14/h4-6H,1-3H3,(H2,14,15). The molecule has 82 valence electrons. The van der Waals surface area contributed by atoms with Gasteiger partial charge in [0, 0.05) is 10.9 Å². The van der Waals surface area contributed by atoms with E-state index in [0.717, 1.165) is 27.6 Å². The molecular weight excluding hydrogens is 200 g/mol. The molecule has 3 heteroatoms. The maximum Gasteiger partial charge on any atom is 0.160 e. The molecule has 1 aromatic carbocycles. The first-order valence-electron chi connectivity index (χ1n) is 5.18. The molecular formula is C13H14N2O. The van der Waals surface area contributed by atoms with Crippen LogP contribution >= 0.6 is 0 Å². The Kier molecular flexibility index (Phi) is 2.38. The molecule has 0 unspecified atom stereocenters. The number of aromatic nitrogens is 1. The number of anilines is 1. The minimum absolute atomic E-state index is 0.0777. The molecule has 0 aliphatic carbocycles. The van der Waals surface area contributed by atoms with Crippen molar-refractivity contribution in [3.63, 3.8) is 0 Å². The van der Waals surface area contributed by atoms with Crippen molar-refractivity contribution in [3.8, 4) is 0 Å². The van der Waals surface area contributed by atoms with E-state index in [9.17, 15) is 4.79 Å². The fraction of sp³-hybridized carbons (Fsp3) is 0.231. The lowest BCUT2D eigenvalue weighted by molar-refractivity contribution is 0.101. The highest BCUT2D eigenvalue weighted by atomic mass is 16.1. The molecule has 0 aliphatic heterocycles. The molecule has 2 N–H and O–H groups in total. The van der Waals surface area contributed by atoms with Crippen molar-refractivity contribution in [2.45, 2.75) is 20.8 Å². The first-order valence-corrected chi connectivity index (χ1v) is 5.18. The molecule has 2 aromatic rings. The molecule has 1 aromatic heterocycles. The van der Waals surface area contributed by atoms with E-state index in [1.54, 1.807) is 6.92 Å². The molecule has 1 heterocycles. The van der Waals surface area contributed by atoms with Gasteiger partial charge in [0.25, 0.3) is 0 Å². The quantitative estimate of drug-likeness (QED) is 0.742. The number of benzene rings is 1. The van der Waals surface area contributed by atoms with Crippen LogP contribution in [0.3, 0.4) is 0 Å². The Morgan fingerprint density at radius 1 is 1.31 bits per heavy atom. The second-order valence-electron chi connectivity index (χ2n) is 4.05. The van der Waals surface area contributed by atoms with E-state index in [1.807, 2.05) is 32.0 Å². The topological polar surface area (TPSA) is 56.0 Å². The Morgan fingerprint density at radius 3 is 2.62 bits per heavy atom. The van der Waals surface area contributed by atoms with Crippen LogP contribution in [0.15, 0.2) is 18.2 Å². The Morgan fingerprint density at radius 2 is 2.00 bits per heavy atom. The van der Waals surface area contributed by atoms with Gasteiger partial charge in [-0.15, -0.1) is 0 Å². The molecule has 0 saturated heterocycles. The summed E-state index contributed by atoms with van der Waals surface area (Å²) in [6.07, 6.45) is 0. The fourth-order valence-electron chi connectivity index (χ4n) is 1.88. The van der Waals surface area contributed by atoms with E-state index >= 15 is 0 Å². The zero-order chi connectivity index (χ0) is 11.9. The number of nitrogens with zero attached hydrogens (tertiary/aromatic N) is 1. The number of carbonyl (C=O) groups excluding carboxylic acids is 1. The summed E-state index contributed by atoms with van der Waals surface area (Å²) in [7, 11) is 0. The summed E-state index contributed by atoms with van der Waals surface area (Å²) in [6, 6.07) is 5.64. The summed E-state index contributed by atoms with van der Waals surface area (Å²) in [5.74, 6) is 0.622. The summed E-state index contributed by atoms with van der Waals surface area (Å²) in [6.45, 7) is 5.43. The number of rotatable bonds is 1. The third kappa shape index (κ3) is 1.54. The molecule has 0 amide bonds. The number of nitrogens with two attached hydrogens (primary N) is 1. The Labute approximate surface area is 94.3 Å². The van der Waals surface area contributed by atoms with Gasteiger partial charge in [-0.3, -0.25) is 4.79 Å². The van der Waals surface area contributed by atoms with E-state index in [2.05, 4.69) is 4.98 Å². The van der Waals surface area contributed by atoms with E-state index in [4.69, 9.17) is 5.73 Å². The van der Waals surface area contributed by atoms with Crippen molar-refractivity contribution in [2.24, 2.45) is 0 Å². The van der Waals surface area contributed by atoms with Crippen molar-refractivity contribution >= 4 is 22.5 Å². The van der Waals surface area contributed by atoms with Crippen LogP contribution in [0.25, 0.3) is 10.9 Å². The zero-order valence-electron chi connectivity index (χ0n) is 9.66. The molecule has 0 saturated carbocycles. The third-order valence-corrected chi connectivity index (χ3v) is 2.88. The highest BCUT2D eigenvalue weighted by Gasteiger charge is 2.09. The van der Waals surface area contributed by atoms with Gasteiger partial charge in [-0.1, -0.05) is 0 Å². The average Bonchev–Trinajstić information content (AvgIpc) is 2.21. The van der Waals surface area contributed by atoms with Gasteiger partial charge >= 0.3 is 0 Å². The fourth-order valence-corrected chi connectivity index (χ4v) is 1.88. The molecule has 3 nitrogen and oxygen atoms in total. The number of pyridine rings is 1. The number of aryl methyl sites for hydroxylation is 2. The average molecular weight is 214 g/mol. The SMILES string of the molecule is CC(=O)c1ccc2nc(N)c(C)cc2c1C. The summed E-state index contributed by atoms with van der Waals surface area (Å²) in [5.41, 5.74) is 9.26. The van der Waals surface area contributed by atoms with Gasteiger partial charge in [-0.25, -0.2) is 4.98 Å². The molecule has 0 spiro atoms. The van der Waals surface area contributed by atoms with Crippen LogP contribution < -0.4 is 5.73 Å². The van der Waals surface area contributed by atoms with Gasteiger partial charge in [-0.2, -0.15) is 0 Å². The van der Waals surface area contributed by atoms with Crippen LogP contribution in [0.1, 0.15) is 28.4 Å². The number of carbonyl (C=O) groups is 1. The zero-order valence-corrected chi connectivity index (χ0v) is 9.66. The van der Waals surface area contributed by atoms with Crippen molar-refractivity contribution in [3.05, 3.63) is 34.9 Å². The molecule has 16 heavy (non-hydrogen) atoms. The minimum atomic E-state index is 0.0777. The van der Waals surface area contributed by atoms with Crippen LogP contribution in [0.2, 0.25) is 0 Å². The summed E-state index contributed by atoms with van der Waals surface area (Å²) in [5, 5.41) is 0.999. The lowest BCUT2D eigenvalue weighted by Crippen LogP contribution is -2.00. The smallest absolute Gasteiger partial charge is 0.160 e. The summed E-state index contributed by atoms with van der Waals surface area (Å²) in [4.78, 5) is 15.7. The Bertz CT molecular complexity index is 588. The predicted molar refractivity (Wildman–Crippen MR) is 65.6 cm³/mol. The molecule has 2 rings (SSSR count). The number of hydrogen-bond donors (Lipinski definition) is 1. The van der Waals surface area contributed by atoms with Gasteiger partial charge in [0.05, 0.1) is 5.52 Å². The second-order valence-corrected chi connectivity index (χ2v) is 4.05. The molecule has 0 fully saturated rings. The van der Waals surface area contributed by atoms with Crippen LogP contribution in [0.4, 0.5) is 5.82 Å². The van der Waals surface area contributed by atoms with Crippen molar-refractivity contribution in [1.82, 2.24) is 4.98 Å². The largest absolute Gasteiger partial charge is 0.383 e. The third-order valence-electron chi connectivity index (χ3n) is 2.88. The van der Waals surface area contributed by atoms with E-state index in [1.165, 1.54) is 0 Å². The number of Topliss-reactive ketones (excluding diaryl/α,β-unsaturated/α-hetero) is 1. The van der Waals surface area contributed by atoms with Crippen molar-refractivity contribution in [2.75, 3.05) is 5.73 Å². The van der Waals surface area contributed by atoms with Gasteiger partial charge in [0.1, 0.15) is 5.82 Å². The van der Waals surface area contributed by atoms with Crippen LogP contribution in [0.5, 0.6) is 0 Å². The highest BCUT2D eigenvalue weighted by Crippen LogP contribution is 2.24. The summed E-state index contributed by atoms with van der Waals surface area (Å²) >= 11 is 0. The van der Waals surface area contributed by atoms with Crippen molar-refractivity contribution in [1.29, 1.82) is 0 Å². The van der Waals surface area contributed by atoms with Gasteiger partial charge in [0.2, 0.25) is 0 Å². The van der Waals surface area contributed by atoms with Crippen LogP contribution in [-0.4, -0.2) is 10.8 Å². The van der Waals surface area contributed by atoms with E-state index in [0.29, 0.717) is 5.82 Å². The first kappa shape index (κ1) is 10.6. The normalized spacial score (nSPS) is 10.7. The van der Waals surface area contributed by atoms with Gasteiger partial charge in [0.15, 0.2) is 5.78 Å². The first-order chi connectivity index (χ1) is 7.50. The lowest BCUT2D eigenvalue weighted by atomic mass is 9.99. The Balaban J connectivity index is 2.84. The minimum Gasteiger partial charge on any atom is -0.383 e. The van der Waals surface area contributed by atoms with Crippen LogP contribution in [-0.2, 0) is 0 Å². The monoisotopic (exact) mass is 214 g/mol. The van der Waals surface area contributed by atoms with Crippen molar-refractivity contribution < 1.29 is 4.79 Å². The van der Waals surface area contributed by atoms with E-state index < -0.39 is 0 Å². The van der Waals surface area contributed by atoms with E-state index in [-0.39, 0.29) is 5.78 Å².